The van der Waals surface area contributed by atoms with Crippen LogP contribution in [0.5, 0.6) is 5.75 Å². The van der Waals surface area contributed by atoms with Crippen molar-refractivity contribution in [1.82, 2.24) is 10.2 Å². The molecule has 2 aliphatic heterocycles. The number of hydrogen-bond donors (Lipinski definition) is 2. The highest BCUT2D eigenvalue weighted by molar-refractivity contribution is 6.05. The van der Waals surface area contributed by atoms with Crippen LogP contribution in [0, 0.1) is 0 Å². The molecule has 0 radical (unpaired) electrons. The lowest BCUT2D eigenvalue weighted by Crippen LogP contribution is -2.52. The lowest BCUT2D eigenvalue weighted by molar-refractivity contribution is -0.136. The Bertz CT molecular complexity index is 688. The van der Waals surface area contributed by atoms with Crippen molar-refractivity contribution in [1.29, 1.82) is 0 Å². The van der Waals surface area contributed by atoms with Crippen molar-refractivity contribution >= 4 is 17.7 Å². The Morgan fingerprint density at radius 1 is 1.20 bits per heavy atom. The summed E-state index contributed by atoms with van der Waals surface area (Å²) in [5, 5.41) is 11.1. The number of amides is 3. The van der Waals surface area contributed by atoms with Gasteiger partial charge in [-0.05, 0) is 37.8 Å². The largest absolute Gasteiger partial charge is 0.493 e. The summed E-state index contributed by atoms with van der Waals surface area (Å²) in [6.45, 7) is 1.01. The zero-order chi connectivity index (χ0) is 17.8. The third-order valence-electron chi connectivity index (χ3n) is 4.60. The number of fused-ring (bicyclic) bond motifs is 1. The predicted molar refractivity (Wildman–Crippen MR) is 88.9 cm³/mol. The topological polar surface area (TPSA) is 95.9 Å². The van der Waals surface area contributed by atoms with Crippen molar-refractivity contribution in [3.63, 3.8) is 0 Å². The van der Waals surface area contributed by atoms with E-state index in [1.807, 2.05) is 6.07 Å². The number of imide groups is 1. The quantitative estimate of drug-likeness (QED) is 0.567. The van der Waals surface area contributed by atoms with Crippen LogP contribution in [0.3, 0.4) is 0 Å². The maximum absolute atomic E-state index is 12.7. The SMILES string of the molecule is O=C1CCC(N2Cc3c(OCCCCCO)cccc3C2=O)C(=O)N1. The molecular weight excluding hydrogens is 324 g/mol. The lowest BCUT2D eigenvalue weighted by atomic mass is 10.0. The molecule has 1 fully saturated rings. The monoisotopic (exact) mass is 346 g/mol. The molecule has 3 rings (SSSR count). The van der Waals surface area contributed by atoms with E-state index in [2.05, 4.69) is 5.32 Å². The highest BCUT2D eigenvalue weighted by atomic mass is 16.5. The maximum Gasteiger partial charge on any atom is 0.255 e. The molecule has 0 saturated carbocycles. The summed E-state index contributed by atoms with van der Waals surface area (Å²) in [4.78, 5) is 37.6. The minimum Gasteiger partial charge on any atom is -0.493 e. The summed E-state index contributed by atoms with van der Waals surface area (Å²) < 4.78 is 5.81. The maximum atomic E-state index is 12.7. The molecule has 0 aromatic heterocycles. The molecule has 134 valence electrons. The Morgan fingerprint density at radius 2 is 2.04 bits per heavy atom. The summed E-state index contributed by atoms with van der Waals surface area (Å²) in [6.07, 6.45) is 3.05. The summed E-state index contributed by atoms with van der Waals surface area (Å²) in [7, 11) is 0. The number of ether oxygens (including phenoxy) is 1. The van der Waals surface area contributed by atoms with Crippen LogP contribution in [0.15, 0.2) is 18.2 Å². The van der Waals surface area contributed by atoms with Gasteiger partial charge in [0.25, 0.3) is 5.91 Å². The first-order chi connectivity index (χ1) is 12.1. The summed E-state index contributed by atoms with van der Waals surface area (Å²) >= 11 is 0. The van der Waals surface area contributed by atoms with E-state index in [0.29, 0.717) is 30.9 Å². The van der Waals surface area contributed by atoms with E-state index in [1.165, 1.54) is 4.90 Å². The molecule has 3 amide bonds. The second kappa shape index (κ2) is 7.65. The molecule has 1 unspecified atom stereocenters. The molecule has 2 N–H and O–H groups in total. The highest BCUT2D eigenvalue weighted by Gasteiger charge is 2.40. The fraction of sp³-hybridized carbons (Fsp3) is 0.500. The normalized spacial score (nSPS) is 19.8. The van der Waals surface area contributed by atoms with E-state index in [-0.39, 0.29) is 24.8 Å². The van der Waals surface area contributed by atoms with Gasteiger partial charge in [0.15, 0.2) is 0 Å². The first-order valence-corrected chi connectivity index (χ1v) is 8.62. The Hall–Kier alpha value is -2.41. The predicted octanol–water partition coefficient (Wildman–Crippen LogP) is 0.989. The standard InChI is InChI=1S/C18H22N2O5/c21-9-2-1-3-10-25-15-6-4-5-12-13(15)11-20(18(12)24)14-7-8-16(22)19-17(14)23/h4-6,14,21H,1-3,7-11H2,(H,19,22,23). The van der Waals surface area contributed by atoms with Gasteiger partial charge in [0.2, 0.25) is 11.8 Å². The van der Waals surface area contributed by atoms with Gasteiger partial charge in [0.05, 0.1) is 13.2 Å². The summed E-state index contributed by atoms with van der Waals surface area (Å²) in [5.41, 5.74) is 1.34. The van der Waals surface area contributed by atoms with Crippen molar-refractivity contribution in [2.45, 2.75) is 44.7 Å². The second-order valence-electron chi connectivity index (χ2n) is 6.31. The molecule has 1 aromatic rings. The van der Waals surface area contributed by atoms with Gasteiger partial charge in [-0.3, -0.25) is 19.7 Å². The van der Waals surface area contributed by atoms with Crippen molar-refractivity contribution in [3.8, 4) is 5.75 Å². The molecule has 1 atom stereocenters. The van der Waals surface area contributed by atoms with Gasteiger partial charge in [-0.25, -0.2) is 0 Å². The molecule has 2 heterocycles. The second-order valence-corrected chi connectivity index (χ2v) is 6.31. The van der Waals surface area contributed by atoms with Gasteiger partial charge in [0.1, 0.15) is 11.8 Å². The number of aliphatic hydroxyl groups excluding tert-OH is 1. The van der Waals surface area contributed by atoms with Crippen LogP contribution < -0.4 is 10.1 Å². The van der Waals surface area contributed by atoms with E-state index in [0.717, 1.165) is 24.8 Å². The highest BCUT2D eigenvalue weighted by Crippen LogP contribution is 2.33. The molecule has 2 aliphatic rings. The number of nitrogens with one attached hydrogen (secondary N) is 1. The molecule has 7 heteroatoms. The van der Waals surface area contributed by atoms with Gasteiger partial charge in [-0.15, -0.1) is 0 Å². The Morgan fingerprint density at radius 3 is 2.80 bits per heavy atom. The minimum atomic E-state index is -0.616. The van der Waals surface area contributed by atoms with E-state index in [9.17, 15) is 14.4 Å². The number of nitrogens with zero attached hydrogens (tertiary/aromatic N) is 1. The number of carbonyl (C=O) groups excluding carboxylic acids is 3. The number of rotatable bonds is 7. The lowest BCUT2D eigenvalue weighted by Gasteiger charge is -2.29. The molecule has 0 aliphatic carbocycles. The summed E-state index contributed by atoms with van der Waals surface area (Å²) in [5.74, 6) is -0.249. The van der Waals surface area contributed by atoms with Crippen LogP contribution >= 0.6 is 0 Å². The van der Waals surface area contributed by atoms with Crippen molar-refractivity contribution < 1.29 is 24.2 Å². The minimum absolute atomic E-state index is 0.177. The van der Waals surface area contributed by atoms with Gasteiger partial charge in [0, 0.05) is 24.2 Å². The molecule has 1 saturated heterocycles. The van der Waals surface area contributed by atoms with Gasteiger partial charge < -0.3 is 14.7 Å². The number of benzene rings is 1. The third kappa shape index (κ3) is 3.66. The molecular formula is C18H22N2O5. The Balaban J connectivity index is 1.69. The van der Waals surface area contributed by atoms with E-state index < -0.39 is 11.9 Å². The zero-order valence-corrected chi connectivity index (χ0v) is 14.0. The molecule has 0 spiro atoms. The third-order valence-corrected chi connectivity index (χ3v) is 4.60. The van der Waals surface area contributed by atoms with Gasteiger partial charge >= 0.3 is 0 Å². The van der Waals surface area contributed by atoms with Crippen molar-refractivity contribution in [3.05, 3.63) is 29.3 Å². The van der Waals surface area contributed by atoms with Gasteiger partial charge in [-0.2, -0.15) is 0 Å². The average molecular weight is 346 g/mol. The number of piperidine rings is 1. The molecule has 0 bridgehead atoms. The first kappa shape index (κ1) is 17.4. The number of unbranched alkanes of at least 4 members (excludes halogenated alkanes) is 2. The number of carbonyl (C=O) groups is 3. The number of hydrogen-bond acceptors (Lipinski definition) is 5. The summed E-state index contributed by atoms with van der Waals surface area (Å²) in [6, 6.07) is 4.72. The van der Waals surface area contributed by atoms with Crippen LogP contribution in [0.2, 0.25) is 0 Å². The van der Waals surface area contributed by atoms with Crippen molar-refractivity contribution in [2.75, 3.05) is 13.2 Å². The van der Waals surface area contributed by atoms with Crippen LogP contribution in [-0.4, -0.2) is 47.0 Å². The molecule has 25 heavy (non-hydrogen) atoms. The van der Waals surface area contributed by atoms with Crippen LogP contribution in [0.1, 0.15) is 48.0 Å². The van der Waals surface area contributed by atoms with Crippen LogP contribution in [-0.2, 0) is 16.1 Å². The van der Waals surface area contributed by atoms with Crippen LogP contribution in [0.4, 0.5) is 0 Å². The Kier molecular flexibility index (Phi) is 5.33. The van der Waals surface area contributed by atoms with Crippen LogP contribution in [0.25, 0.3) is 0 Å². The van der Waals surface area contributed by atoms with E-state index >= 15 is 0 Å². The van der Waals surface area contributed by atoms with E-state index in [4.69, 9.17) is 9.84 Å². The van der Waals surface area contributed by atoms with Crippen molar-refractivity contribution in [2.24, 2.45) is 0 Å². The zero-order valence-electron chi connectivity index (χ0n) is 14.0. The fourth-order valence-corrected chi connectivity index (χ4v) is 3.27. The first-order valence-electron chi connectivity index (χ1n) is 8.62. The Labute approximate surface area is 146 Å². The smallest absolute Gasteiger partial charge is 0.255 e. The molecule has 7 nitrogen and oxygen atoms in total. The number of aliphatic hydroxyl groups is 1. The van der Waals surface area contributed by atoms with E-state index in [1.54, 1.807) is 12.1 Å². The molecule has 1 aromatic carbocycles. The van der Waals surface area contributed by atoms with Gasteiger partial charge in [-0.1, -0.05) is 6.07 Å². The fourth-order valence-electron chi connectivity index (χ4n) is 3.27. The average Bonchev–Trinajstić information content (AvgIpc) is 2.92.